The molecule has 3 N–H and O–H groups in total. The van der Waals surface area contributed by atoms with Crippen molar-refractivity contribution in [3.8, 4) is 5.82 Å². The number of nitrogens with one attached hydrogen (secondary N) is 1. The molecule has 2 heterocycles. The van der Waals surface area contributed by atoms with Crippen molar-refractivity contribution >= 4 is 21.9 Å². The van der Waals surface area contributed by atoms with Gasteiger partial charge in [0, 0.05) is 19.0 Å². The highest BCUT2D eigenvalue weighted by Crippen LogP contribution is 2.20. The average Bonchev–Trinajstić information content (AvgIpc) is 2.82. The van der Waals surface area contributed by atoms with Crippen LogP contribution in [0.2, 0.25) is 0 Å². The first kappa shape index (κ1) is 12.9. The lowest BCUT2D eigenvalue weighted by molar-refractivity contribution is 0.762. The number of aromatic nitrogens is 5. The first-order chi connectivity index (χ1) is 8.69. The molecule has 0 saturated carbocycles. The van der Waals surface area contributed by atoms with Gasteiger partial charge in [-0.15, -0.1) is 5.10 Å². The standard InChI is InChI=1S/C10H14BrN7/c1-3-7-14-8(4-2)18(17-7)9-6(11)5-13-10(15-9)16-12/h5H,3-4,12H2,1-2H3,(H,13,15,16). The van der Waals surface area contributed by atoms with Gasteiger partial charge in [-0.05, 0) is 15.9 Å². The monoisotopic (exact) mass is 311 g/mol. The SMILES string of the molecule is CCc1nc(CC)n(-c2nc(NN)ncc2Br)n1. The first-order valence-corrected chi connectivity index (χ1v) is 6.43. The highest BCUT2D eigenvalue weighted by molar-refractivity contribution is 9.10. The van der Waals surface area contributed by atoms with Crippen molar-refractivity contribution < 1.29 is 0 Å². The molecule has 0 aliphatic carbocycles. The minimum absolute atomic E-state index is 0.337. The van der Waals surface area contributed by atoms with Crippen LogP contribution in [-0.4, -0.2) is 24.7 Å². The van der Waals surface area contributed by atoms with Gasteiger partial charge in [-0.1, -0.05) is 13.8 Å². The van der Waals surface area contributed by atoms with Crippen LogP contribution in [0, 0.1) is 0 Å². The number of halogens is 1. The van der Waals surface area contributed by atoms with E-state index in [2.05, 4.69) is 41.4 Å². The van der Waals surface area contributed by atoms with Crippen molar-refractivity contribution in [2.45, 2.75) is 26.7 Å². The molecule has 96 valence electrons. The number of nitrogen functional groups attached to an aromatic ring is 1. The largest absolute Gasteiger partial charge is 0.292 e. The Labute approximate surface area is 113 Å². The predicted octanol–water partition coefficient (Wildman–Crippen LogP) is 1.23. The van der Waals surface area contributed by atoms with E-state index >= 15 is 0 Å². The molecule has 2 aromatic rings. The van der Waals surface area contributed by atoms with Crippen molar-refractivity contribution in [1.29, 1.82) is 0 Å². The molecular weight excluding hydrogens is 298 g/mol. The van der Waals surface area contributed by atoms with Crippen LogP contribution in [-0.2, 0) is 12.8 Å². The fourth-order valence-electron chi connectivity index (χ4n) is 1.52. The first-order valence-electron chi connectivity index (χ1n) is 5.63. The number of nitrogens with two attached hydrogens (primary N) is 1. The zero-order valence-corrected chi connectivity index (χ0v) is 11.8. The normalized spacial score (nSPS) is 10.7. The minimum atomic E-state index is 0.337. The van der Waals surface area contributed by atoms with Gasteiger partial charge < -0.3 is 0 Å². The van der Waals surface area contributed by atoms with Gasteiger partial charge in [-0.25, -0.2) is 15.8 Å². The maximum atomic E-state index is 5.31. The second-order valence-electron chi connectivity index (χ2n) is 3.57. The van der Waals surface area contributed by atoms with Crippen molar-refractivity contribution in [3.63, 3.8) is 0 Å². The summed E-state index contributed by atoms with van der Waals surface area (Å²) in [7, 11) is 0. The Hall–Kier alpha value is -1.54. The van der Waals surface area contributed by atoms with E-state index in [1.807, 2.05) is 13.8 Å². The lowest BCUT2D eigenvalue weighted by atomic mass is 10.4. The number of hydrogen-bond donors (Lipinski definition) is 2. The zero-order valence-electron chi connectivity index (χ0n) is 10.2. The van der Waals surface area contributed by atoms with Crippen LogP contribution in [0.25, 0.3) is 5.82 Å². The molecule has 0 aliphatic rings. The molecule has 0 amide bonds. The number of aryl methyl sites for hydroxylation is 2. The Morgan fingerprint density at radius 1 is 1.33 bits per heavy atom. The van der Waals surface area contributed by atoms with E-state index in [4.69, 9.17) is 5.84 Å². The molecule has 0 unspecified atom stereocenters. The topological polar surface area (TPSA) is 94.5 Å². The third kappa shape index (κ3) is 2.34. The van der Waals surface area contributed by atoms with Gasteiger partial charge in [-0.3, -0.25) is 5.43 Å². The number of anilines is 1. The highest BCUT2D eigenvalue weighted by Gasteiger charge is 2.14. The summed E-state index contributed by atoms with van der Waals surface area (Å²) in [6.45, 7) is 4.04. The number of nitrogens with zero attached hydrogens (tertiary/aromatic N) is 5. The molecule has 0 spiro atoms. The maximum absolute atomic E-state index is 5.31. The van der Waals surface area contributed by atoms with Crippen molar-refractivity contribution in [2.75, 3.05) is 5.43 Å². The summed E-state index contributed by atoms with van der Waals surface area (Å²) in [5.74, 6) is 7.92. The van der Waals surface area contributed by atoms with Gasteiger partial charge in [0.25, 0.3) is 0 Å². The molecule has 0 aromatic carbocycles. The Balaban J connectivity index is 2.56. The molecule has 0 bridgehead atoms. The third-order valence-corrected chi connectivity index (χ3v) is 2.97. The molecule has 0 aliphatic heterocycles. The van der Waals surface area contributed by atoms with E-state index < -0.39 is 0 Å². The Morgan fingerprint density at radius 3 is 2.72 bits per heavy atom. The summed E-state index contributed by atoms with van der Waals surface area (Å²) in [6.07, 6.45) is 3.18. The maximum Gasteiger partial charge on any atom is 0.239 e. The molecule has 8 heteroatoms. The van der Waals surface area contributed by atoms with Crippen molar-refractivity contribution in [2.24, 2.45) is 5.84 Å². The second-order valence-corrected chi connectivity index (χ2v) is 4.43. The van der Waals surface area contributed by atoms with E-state index in [9.17, 15) is 0 Å². The molecule has 2 aromatic heterocycles. The van der Waals surface area contributed by atoms with Gasteiger partial charge in [0.15, 0.2) is 11.6 Å². The van der Waals surface area contributed by atoms with Crippen LogP contribution < -0.4 is 11.3 Å². The summed E-state index contributed by atoms with van der Waals surface area (Å²) >= 11 is 3.41. The molecule has 0 fully saturated rings. The summed E-state index contributed by atoms with van der Waals surface area (Å²) < 4.78 is 2.45. The molecule has 0 saturated heterocycles. The summed E-state index contributed by atoms with van der Waals surface area (Å²) in [5, 5.41) is 4.42. The Morgan fingerprint density at radius 2 is 2.11 bits per heavy atom. The van der Waals surface area contributed by atoms with E-state index in [1.54, 1.807) is 10.9 Å². The average molecular weight is 312 g/mol. The predicted molar refractivity (Wildman–Crippen MR) is 71.2 cm³/mol. The Bertz CT molecular complexity index is 551. The Kier molecular flexibility index (Phi) is 3.87. The third-order valence-electron chi connectivity index (χ3n) is 2.41. The van der Waals surface area contributed by atoms with E-state index in [0.29, 0.717) is 11.8 Å². The van der Waals surface area contributed by atoms with Crippen molar-refractivity contribution in [1.82, 2.24) is 24.7 Å². The van der Waals surface area contributed by atoms with E-state index in [1.165, 1.54) is 0 Å². The summed E-state index contributed by atoms with van der Waals surface area (Å²) in [4.78, 5) is 12.7. The molecule has 2 rings (SSSR count). The van der Waals surface area contributed by atoms with E-state index in [0.717, 1.165) is 29.0 Å². The van der Waals surface area contributed by atoms with Crippen LogP contribution in [0.4, 0.5) is 5.95 Å². The number of rotatable bonds is 4. The summed E-state index contributed by atoms with van der Waals surface area (Å²) in [5.41, 5.74) is 2.42. The molecule has 0 atom stereocenters. The zero-order chi connectivity index (χ0) is 13.1. The molecule has 0 radical (unpaired) electrons. The van der Waals surface area contributed by atoms with Gasteiger partial charge in [0.1, 0.15) is 5.82 Å². The molecule has 18 heavy (non-hydrogen) atoms. The summed E-state index contributed by atoms with van der Waals surface area (Å²) in [6, 6.07) is 0. The van der Waals surface area contributed by atoms with Crippen LogP contribution in [0.3, 0.4) is 0 Å². The lowest BCUT2D eigenvalue weighted by Crippen LogP contribution is -2.13. The number of hydrogen-bond acceptors (Lipinski definition) is 6. The number of hydrazine groups is 1. The van der Waals surface area contributed by atoms with Gasteiger partial charge in [0.05, 0.1) is 4.47 Å². The minimum Gasteiger partial charge on any atom is -0.292 e. The fraction of sp³-hybridized carbons (Fsp3) is 0.400. The lowest BCUT2D eigenvalue weighted by Gasteiger charge is -2.07. The van der Waals surface area contributed by atoms with Gasteiger partial charge >= 0.3 is 0 Å². The second kappa shape index (κ2) is 5.40. The van der Waals surface area contributed by atoms with Crippen LogP contribution in [0.1, 0.15) is 25.5 Å². The quantitative estimate of drug-likeness (QED) is 0.651. The van der Waals surface area contributed by atoms with Gasteiger partial charge in [0.2, 0.25) is 5.95 Å². The van der Waals surface area contributed by atoms with Crippen LogP contribution in [0.5, 0.6) is 0 Å². The smallest absolute Gasteiger partial charge is 0.239 e. The van der Waals surface area contributed by atoms with Gasteiger partial charge in [-0.2, -0.15) is 9.67 Å². The molecule has 7 nitrogen and oxygen atoms in total. The molecular formula is C10H14BrN7. The fourth-order valence-corrected chi connectivity index (χ4v) is 1.88. The van der Waals surface area contributed by atoms with E-state index in [-0.39, 0.29) is 0 Å². The van der Waals surface area contributed by atoms with Crippen LogP contribution >= 0.6 is 15.9 Å². The van der Waals surface area contributed by atoms with Crippen molar-refractivity contribution in [3.05, 3.63) is 22.3 Å². The van der Waals surface area contributed by atoms with Crippen LogP contribution in [0.15, 0.2) is 10.7 Å². The highest BCUT2D eigenvalue weighted by atomic mass is 79.9.